The third kappa shape index (κ3) is 3.86. The molecular weight excluding hydrogens is 294 g/mol. The van der Waals surface area contributed by atoms with E-state index in [2.05, 4.69) is 11.8 Å². The Kier molecular flexibility index (Phi) is 5.20. The number of fused-ring (bicyclic) bond motifs is 1. The number of hydrogen-bond acceptors (Lipinski definition) is 5. The van der Waals surface area contributed by atoms with Crippen molar-refractivity contribution >= 4 is 0 Å². The molecule has 3 rings (SSSR count). The second-order valence-corrected chi connectivity index (χ2v) is 5.71. The number of aliphatic hydroxyl groups excluding tert-OH is 1. The Morgan fingerprint density at radius 2 is 1.96 bits per heavy atom. The first-order valence-electron chi connectivity index (χ1n) is 8.06. The van der Waals surface area contributed by atoms with Crippen LogP contribution in [0.5, 0.6) is 11.5 Å². The number of ether oxygens (including phenoxy) is 2. The minimum atomic E-state index is 0.0910. The van der Waals surface area contributed by atoms with Gasteiger partial charge in [-0.25, -0.2) is 0 Å². The first-order chi connectivity index (χ1) is 11.3. The van der Waals surface area contributed by atoms with Crippen molar-refractivity contribution in [3.05, 3.63) is 47.9 Å². The van der Waals surface area contributed by atoms with Crippen LogP contribution in [0.15, 0.2) is 41.0 Å². The molecule has 1 aromatic carbocycles. The number of hydrogen-bond donors (Lipinski definition) is 1. The molecule has 0 fully saturated rings. The van der Waals surface area contributed by atoms with E-state index in [1.807, 2.05) is 30.3 Å². The van der Waals surface area contributed by atoms with Crippen LogP contribution >= 0.6 is 0 Å². The summed E-state index contributed by atoms with van der Waals surface area (Å²) in [6.07, 6.45) is 2.55. The minimum absolute atomic E-state index is 0.0910. The molecule has 0 amide bonds. The van der Waals surface area contributed by atoms with Gasteiger partial charge in [-0.15, -0.1) is 0 Å². The molecule has 1 aliphatic heterocycles. The van der Waals surface area contributed by atoms with Gasteiger partial charge in [-0.1, -0.05) is 13.0 Å². The van der Waals surface area contributed by atoms with E-state index in [1.165, 1.54) is 0 Å². The molecular formula is C18H23NO4. The topological polar surface area (TPSA) is 55.1 Å². The van der Waals surface area contributed by atoms with Gasteiger partial charge in [0.2, 0.25) is 0 Å². The van der Waals surface area contributed by atoms with Gasteiger partial charge in [-0.3, -0.25) is 4.90 Å². The largest absolute Gasteiger partial charge is 0.486 e. The molecule has 0 radical (unpaired) electrons. The van der Waals surface area contributed by atoms with Crippen LogP contribution in [0, 0.1) is 0 Å². The molecule has 23 heavy (non-hydrogen) atoms. The summed E-state index contributed by atoms with van der Waals surface area (Å²) in [7, 11) is 0. The number of benzene rings is 1. The summed E-state index contributed by atoms with van der Waals surface area (Å²) in [6.45, 7) is 4.78. The predicted molar refractivity (Wildman–Crippen MR) is 86.6 cm³/mol. The van der Waals surface area contributed by atoms with Gasteiger partial charge in [0, 0.05) is 12.6 Å². The second kappa shape index (κ2) is 7.53. The van der Waals surface area contributed by atoms with Crippen LogP contribution in [0.25, 0.3) is 0 Å². The third-order valence-corrected chi connectivity index (χ3v) is 4.13. The maximum Gasteiger partial charge on any atom is 0.161 e. The molecule has 1 aliphatic rings. The van der Waals surface area contributed by atoms with Crippen molar-refractivity contribution in [2.75, 3.05) is 19.8 Å². The van der Waals surface area contributed by atoms with E-state index in [9.17, 15) is 5.11 Å². The SMILES string of the molecule is CCC(CO)N(Cc1ccc2c(c1)OCCO2)Cc1ccco1. The Bertz CT molecular complexity index is 607. The maximum atomic E-state index is 9.68. The van der Waals surface area contributed by atoms with Crippen molar-refractivity contribution in [3.63, 3.8) is 0 Å². The van der Waals surface area contributed by atoms with Gasteiger partial charge in [-0.2, -0.15) is 0 Å². The zero-order chi connectivity index (χ0) is 16.1. The summed E-state index contributed by atoms with van der Waals surface area (Å²) >= 11 is 0. The van der Waals surface area contributed by atoms with Gasteiger partial charge in [0.1, 0.15) is 19.0 Å². The van der Waals surface area contributed by atoms with Crippen LogP contribution in [0.3, 0.4) is 0 Å². The normalized spacial score (nSPS) is 14.9. The van der Waals surface area contributed by atoms with Crippen molar-refractivity contribution in [2.45, 2.75) is 32.5 Å². The molecule has 1 unspecified atom stereocenters. The van der Waals surface area contributed by atoms with Crippen molar-refractivity contribution in [2.24, 2.45) is 0 Å². The molecule has 2 heterocycles. The highest BCUT2D eigenvalue weighted by Crippen LogP contribution is 2.31. The van der Waals surface area contributed by atoms with E-state index in [0.717, 1.165) is 35.8 Å². The fourth-order valence-corrected chi connectivity index (χ4v) is 2.84. The van der Waals surface area contributed by atoms with E-state index >= 15 is 0 Å². The summed E-state index contributed by atoms with van der Waals surface area (Å²) in [4.78, 5) is 2.23. The molecule has 2 aromatic rings. The molecule has 0 aliphatic carbocycles. The fourth-order valence-electron chi connectivity index (χ4n) is 2.84. The monoisotopic (exact) mass is 317 g/mol. The highest BCUT2D eigenvalue weighted by molar-refractivity contribution is 5.43. The van der Waals surface area contributed by atoms with Crippen LogP contribution < -0.4 is 9.47 Å². The third-order valence-electron chi connectivity index (χ3n) is 4.13. The molecule has 5 nitrogen and oxygen atoms in total. The van der Waals surface area contributed by atoms with Crippen LogP contribution in [-0.4, -0.2) is 35.9 Å². The standard InChI is InChI=1S/C18H23NO4/c1-2-15(13-20)19(12-16-4-3-7-21-16)11-14-5-6-17-18(10-14)23-9-8-22-17/h3-7,10,15,20H,2,8-9,11-13H2,1H3. The quantitative estimate of drug-likeness (QED) is 0.851. The number of aliphatic hydroxyl groups is 1. The first-order valence-corrected chi connectivity index (χ1v) is 8.06. The van der Waals surface area contributed by atoms with Gasteiger partial charge < -0.3 is 19.0 Å². The molecule has 0 saturated carbocycles. The molecule has 0 saturated heterocycles. The summed E-state index contributed by atoms with van der Waals surface area (Å²) in [5, 5.41) is 9.68. The van der Waals surface area contributed by atoms with E-state index in [4.69, 9.17) is 13.9 Å². The number of rotatable bonds is 7. The highest BCUT2D eigenvalue weighted by Gasteiger charge is 2.19. The predicted octanol–water partition coefficient (Wildman–Crippen LogP) is 2.82. The van der Waals surface area contributed by atoms with Gasteiger partial charge >= 0.3 is 0 Å². The lowest BCUT2D eigenvalue weighted by molar-refractivity contribution is 0.0996. The lowest BCUT2D eigenvalue weighted by atomic mass is 10.1. The van der Waals surface area contributed by atoms with Crippen LogP contribution in [0.1, 0.15) is 24.7 Å². The van der Waals surface area contributed by atoms with Gasteiger partial charge in [0.25, 0.3) is 0 Å². The summed E-state index contributed by atoms with van der Waals surface area (Å²) in [6, 6.07) is 9.96. The summed E-state index contributed by atoms with van der Waals surface area (Å²) in [5.74, 6) is 2.49. The Morgan fingerprint density at radius 1 is 1.13 bits per heavy atom. The smallest absolute Gasteiger partial charge is 0.161 e. The molecule has 1 N–H and O–H groups in total. The average Bonchev–Trinajstić information content (AvgIpc) is 3.09. The first kappa shape index (κ1) is 15.9. The summed E-state index contributed by atoms with van der Waals surface area (Å²) in [5.41, 5.74) is 1.13. The number of furan rings is 1. The zero-order valence-corrected chi connectivity index (χ0v) is 13.4. The fraction of sp³-hybridized carbons (Fsp3) is 0.444. The van der Waals surface area contributed by atoms with Crippen molar-refractivity contribution in [1.82, 2.24) is 4.90 Å². The highest BCUT2D eigenvalue weighted by atomic mass is 16.6. The lowest BCUT2D eigenvalue weighted by Gasteiger charge is -2.29. The average molecular weight is 317 g/mol. The van der Waals surface area contributed by atoms with E-state index in [0.29, 0.717) is 19.8 Å². The summed E-state index contributed by atoms with van der Waals surface area (Å²) < 4.78 is 16.7. The molecule has 5 heteroatoms. The van der Waals surface area contributed by atoms with Crippen LogP contribution in [0.2, 0.25) is 0 Å². The maximum absolute atomic E-state index is 9.68. The number of nitrogens with zero attached hydrogens (tertiary/aromatic N) is 1. The Morgan fingerprint density at radius 3 is 2.65 bits per heavy atom. The van der Waals surface area contributed by atoms with Crippen LogP contribution in [-0.2, 0) is 13.1 Å². The van der Waals surface area contributed by atoms with Gasteiger partial charge in [0.15, 0.2) is 11.5 Å². The molecule has 0 spiro atoms. The van der Waals surface area contributed by atoms with E-state index in [-0.39, 0.29) is 12.6 Å². The molecule has 1 aromatic heterocycles. The van der Waals surface area contributed by atoms with E-state index in [1.54, 1.807) is 6.26 Å². The van der Waals surface area contributed by atoms with Gasteiger partial charge in [-0.05, 0) is 36.2 Å². The van der Waals surface area contributed by atoms with Crippen molar-refractivity contribution in [1.29, 1.82) is 0 Å². The molecule has 124 valence electrons. The van der Waals surface area contributed by atoms with Gasteiger partial charge in [0.05, 0.1) is 19.4 Å². The van der Waals surface area contributed by atoms with Crippen molar-refractivity contribution in [3.8, 4) is 11.5 Å². The molecule has 1 atom stereocenters. The Balaban J connectivity index is 1.77. The van der Waals surface area contributed by atoms with Crippen molar-refractivity contribution < 1.29 is 19.0 Å². The molecule has 0 bridgehead atoms. The second-order valence-electron chi connectivity index (χ2n) is 5.71. The van der Waals surface area contributed by atoms with E-state index < -0.39 is 0 Å². The lowest BCUT2D eigenvalue weighted by Crippen LogP contribution is -2.36. The Labute approximate surface area is 136 Å². The zero-order valence-electron chi connectivity index (χ0n) is 13.4. The Hall–Kier alpha value is -1.98. The van der Waals surface area contributed by atoms with Crippen LogP contribution in [0.4, 0.5) is 0 Å². The minimum Gasteiger partial charge on any atom is -0.486 e.